The van der Waals surface area contributed by atoms with Gasteiger partial charge in [0.1, 0.15) is 5.82 Å². The van der Waals surface area contributed by atoms with Crippen LogP contribution in [0, 0.1) is 11.7 Å². The Hall–Kier alpha value is -2.40. The van der Waals surface area contributed by atoms with E-state index < -0.39 is 6.10 Å². The number of rotatable bonds is 4. The standard InChI is InChI=1S/C20H23FN2O2/c21-17-5-3-15(4-6-17)20(25)16-9-11-23(12-10-16)19(24)13-14-1-7-18(22)8-2-14/h1-8,16,20,25H,9-13,22H2. The molecule has 3 rings (SSSR count). The van der Waals surface area contributed by atoms with Gasteiger partial charge >= 0.3 is 0 Å². The number of halogens is 1. The molecule has 1 unspecified atom stereocenters. The number of carbonyl (C=O) groups is 1. The molecule has 25 heavy (non-hydrogen) atoms. The van der Waals surface area contributed by atoms with Crippen LogP contribution >= 0.6 is 0 Å². The second-order valence-electron chi connectivity index (χ2n) is 6.63. The van der Waals surface area contributed by atoms with Crippen LogP contribution in [0.3, 0.4) is 0 Å². The Morgan fingerprint density at radius 1 is 1.12 bits per heavy atom. The first-order valence-electron chi connectivity index (χ1n) is 8.58. The summed E-state index contributed by atoms with van der Waals surface area (Å²) in [7, 11) is 0. The molecule has 1 fully saturated rings. The summed E-state index contributed by atoms with van der Waals surface area (Å²) in [5.41, 5.74) is 8.03. The van der Waals surface area contributed by atoms with Crippen molar-refractivity contribution in [3.63, 3.8) is 0 Å². The van der Waals surface area contributed by atoms with Gasteiger partial charge in [-0.3, -0.25) is 4.79 Å². The van der Waals surface area contributed by atoms with Gasteiger partial charge in [-0.25, -0.2) is 4.39 Å². The zero-order valence-electron chi connectivity index (χ0n) is 14.1. The van der Waals surface area contributed by atoms with Crippen molar-refractivity contribution in [1.29, 1.82) is 0 Å². The summed E-state index contributed by atoms with van der Waals surface area (Å²) in [6.07, 6.45) is 1.23. The maximum absolute atomic E-state index is 13.0. The van der Waals surface area contributed by atoms with Gasteiger partial charge in [-0.1, -0.05) is 24.3 Å². The highest BCUT2D eigenvalue weighted by molar-refractivity contribution is 5.79. The second-order valence-corrected chi connectivity index (χ2v) is 6.63. The molecule has 2 aromatic carbocycles. The van der Waals surface area contributed by atoms with Crippen molar-refractivity contribution in [2.75, 3.05) is 18.8 Å². The van der Waals surface area contributed by atoms with Crippen LogP contribution in [0.2, 0.25) is 0 Å². The predicted molar refractivity (Wildman–Crippen MR) is 95.2 cm³/mol. The zero-order chi connectivity index (χ0) is 17.8. The molecule has 0 aromatic heterocycles. The third-order valence-corrected chi connectivity index (χ3v) is 4.89. The average Bonchev–Trinajstić information content (AvgIpc) is 2.64. The minimum absolute atomic E-state index is 0.0889. The van der Waals surface area contributed by atoms with Gasteiger partial charge in [-0.05, 0) is 54.2 Å². The van der Waals surface area contributed by atoms with Crippen LogP contribution in [0.1, 0.15) is 30.1 Å². The second kappa shape index (κ2) is 7.66. The van der Waals surface area contributed by atoms with Crippen LogP contribution in [0.4, 0.5) is 10.1 Å². The molecule has 0 spiro atoms. The number of aliphatic hydroxyl groups excluding tert-OH is 1. The number of nitrogens with zero attached hydrogens (tertiary/aromatic N) is 1. The molecule has 1 atom stereocenters. The summed E-state index contributed by atoms with van der Waals surface area (Å²) in [6.45, 7) is 1.27. The number of nitrogen functional groups attached to an aromatic ring is 1. The number of nitrogens with two attached hydrogens (primary N) is 1. The SMILES string of the molecule is Nc1ccc(CC(=O)N2CCC(C(O)c3ccc(F)cc3)CC2)cc1. The number of amides is 1. The first-order valence-corrected chi connectivity index (χ1v) is 8.58. The maximum Gasteiger partial charge on any atom is 0.226 e. The van der Waals surface area contributed by atoms with Crippen LogP contribution in [0.5, 0.6) is 0 Å². The molecule has 132 valence electrons. The summed E-state index contributed by atoms with van der Waals surface area (Å²) in [4.78, 5) is 14.3. The van der Waals surface area contributed by atoms with E-state index in [1.807, 2.05) is 17.0 Å². The zero-order valence-corrected chi connectivity index (χ0v) is 14.1. The van der Waals surface area contributed by atoms with Crippen molar-refractivity contribution in [2.24, 2.45) is 5.92 Å². The summed E-state index contributed by atoms with van der Waals surface area (Å²) in [5.74, 6) is -0.121. The molecule has 0 saturated carbocycles. The number of hydrogen-bond acceptors (Lipinski definition) is 3. The molecule has 0 aliphatic carbocycles. The fraction of sp³-hybridized carbons (Fsp3) is 0.350. The van der Waals surface area contributed by atoms with Crippen LogP contribution in [0.25, 0.3) is 0 Å². The monoisotopic (exact) mass is 342 g/mol. The van der Waals surface area contributed by atoms with Crippen LogP contribution in [0.15, 0.2) is 48.5 Å². The number of likely N-dealkylation sites (tertiary alicyclic amines) is 1. The third kappa shape index (κ3) is 4.37. The number of hydrogen-bond donors (Lipinski definition) is 2. The highest BCUT2D eigenvalue weighted by atomic mass is 19.1. The van der Waals surface area contributed by atoms with Crippen molar-refractivity contribution in [2.45, 2.75) is 25.4 Å². The third-order valence-electron chi connectivity index (χ3n) is 4.89. The Bertz CT molecular complexity index is 707. The van der Waals surface area contributed by atoms with Gasteiger partial charge in [0.25, 0.3) is 0 Å². The quantitative estimate of drug-likeness (QED) is 0.840. The number of benzene rings is 2. The van der Waals surface area contributed by atoms with E-state index in [4.69, 9.17) is 5.73 Å². The minimum atomic E-state index is -0.616. The maximum atomic E-state index is 13.0. The van der Waals surface area contributed by atoms with Crippen molar-refractivity contribution in [1.82, 2.24) is 4.90 Å². The molecule has 1 aliphatic rings. The van der Waals surface area contributed by atoms with Gasteiger partial charge in [0.05, 0.1) is 12.5 Å². The molecule has 1 amide bonds. The Balaban J connectivity index is 1.53. The Morgan fingerprint density at radius 2 is 1.72 bits per heavy atom. The van der Waals surface area contributed by atoms with E-state index in [0.717, 1.165) is 24.0 Å². The predicted octanol–water partition coefficient (Wildman–Crippen LogP) is 2.92. The minimum Gasteiger partial charge on any atom is -0.399 e. The number of anilines is 1. The molecule has 1 heterocycles. The van der Waals surface area contributed by atoms with Gasteiger partial charge < -0.3 is 15.7 Å². The highest BCUT2D eigenvalue weighted by Crippen LogP contribution is 2.31. The fourth-order valence-electron chi connectivity index (χ4n) is 3.32. The first-order chi connectivity index (χ1) is 12.0. The summed E-state index contributed by atoms with van der Waals surface area (Å²) in [6, 6.07) is 13.3. The highest BCUT2D eigenvalue weighted by Gasteiger charge is 2.28. The summed E-state index contributed by atoms with van der Waals surface area (Å²) in [5, 5.41) is 10.5. The summed E-state index contributed by atoms with van der Waals surface area (Å²) >= 11 is 0. The molecule has 3 N–H and O–H groups in total. The molecule has 5 heteroatoms. The van der Waals surface area contributed by atoms with Gasteiger partial charge in [0, 0.05) is 18.8 Å². The molecule has 1 aliphatic heterocycles. The van der Waals surface area contributed by atoms with Gasteiger partial charge in [-0.15, -0.1) is 0 Å². The van der Waals surface area contributed by atoms with Gasteiger partial charge in [-0.2, -0.15) is 0 Å². The van der Waals surface area contributed by atoms with Crippen LogP contribution in [-0.4, -0.2) is 29.0 Å². The molecular formula is C20H23FN2O2. The number of piperidine rings is 1. The van der Waals surface area contributed by atoms with Crippen molar-refractivity contribution in [3.05, 3.63) is 65.5 Å². The Morgan fingerprint density at radius 3 is 2.32 bits per heavy atom. The van der Waals surface area contributed by atoms with E-state index in [1.165, 1.54) is 12.1 Å². The van der Waals surface area contributed by atoms with E-state index in [-0.39, 0.29) is 17.6 Å². The largest absolute Gasteiger partial charge is 0.399 e. The van der Waals surface area contributed by atoms with Gasteiger partial charge in [0.15, 0.2) is 0 Å². The van der Waals surface area contributed by atoms with Crippen molar-refractivity contribution >= 4 is 11.6 Å². The molecule has 0 radical (unpaired) electrons. The first kappa shape index (κ1) is 17.4. The molecule has 1 saturated heterocycles. The Labute approximate surface area is 147 Å². The lowest BCUT2D eigenvalue weighted by Gasteiger charge is -2.34. The molecular weight excluding hydrogens is 319 g/mol. The van der Waals surface area contributed by atoms with E-state index in [1.54, 1.807) is 24.3 Å². The normalized spacial score (nSPS) is 16.6. The Kier molecular flexibility index (Phi) is 5.34. The molecule has 2 aromatic rings. The number of carbonyl (C=O) groups excluding carboxylic acids is 1. The van der Waals surface area contributed by atoms with E-state index in [0.29, 0.717) is 25.2 Å². The van der Waals surface area contributed by atoms with Crippen molar-refractivity contribution in [3.8, 4) is 0 Å². The smallest absolute Gasteiger partial charge is 0.226 e. The lowest BCUT2D eigenvalue weighted by molar-refractivity contribution is -0.132. The van der Waals surface area contributed by atoms with Gasteiger partial charge in [0.2, 0.25) is 5.91 Å². The van der Waals surface area contributed by atoms with E-state index in [9.17, 15) is 14.3 Å². The van der Waals surface area contributed by atoms with Crippen LogP contribution < -0.4 is 5.73 Å². The summed E-state index contributed by atoms with van der Waals surface area (Å²) < 4.78 is 13.0. The average molecular weight is 342 g/mol. The molecule has 4 nitrogen and oxygen atoms in total. The lowest BCUT2D eigenvalue weighted by Crippen LogP contribution is -2.40. The fourth-order valence-corrected chi connectivity index (χ4v) is 3.32. The lowest BCUT2D eigenvalue weighted by atomic mass is 9.87. The molecule has 0 bridgehead atoms. The number of aliphatic hydroxyl groups is 1. The van der Waals surface area contributed by atoms with E-state index >= 15 is 0 Å². The van der Waals surface area contributed by atoms with Crippen molar-refractivity contribution < 1.29 is 14.3 Å². The topological polar surface area (TPSA) is 66.6 Å². The van der Waals surface area contributed by atoms with Crippen LogP contribution in [-0.2, 0) is 11.2 Å². The van der Waals surface area contributed by atoms with E-state index in [2.05, 4.69) is 0 Å².